The SMILES string of the molecule is CC1C(=O)N(C)c2ccc(CO)c(CC(=O)c3ccc(C(C)(C)C)cc3)c21. The summed E-state index contributed by atoms with van der Waals surface area (Å²) in [5.74, 6) is -0.293. The molecule has 1 aliphatic heterocycles. The molecular weight excluding hydrogens is 338 g/mol. The Morgan fingerprint density at radius 2 is 1.74 bits per heavy atom. The molecule has 4 heteroatoms. The second-order valence-electron chi connectivity index (χ2n) is 8.34. The van der Waals surface area contributed by atoms with Crippen molar-refractivity contribution in [1.82, 2.24) is 0 Å². The van der Waals surface area contributed by atoms with Crippen LogP contribution in [0.4, 0.5) is 5.69 Å². The predicted octanol–water partition coefficient (Wildman–Crippen LogP) is 3.98. The minimum absolute atomic E-state index is 0.00670. The standard InChI is InChI=1S/C23H27NO3/c1-14-21-18(16(13-25)8-11-19(21)24(5)22(14)27)12-20(26)15-6-9-17(10-7-15)23(2,3)4/h6-11,14,25H,12-13H2,1-5H3. The highest BCUT2D eigenvalue weighted by Gasteiger charge is 2.35. The number of rotatable bonds is 4. The average Bonchev–Trinajstić information content (AvgIpc) is 2.86. The first kappa shape index (κ1) is 19.3. The van der Waals surface area contributed by atoms with Crippen molar-refractivity contribution in [2.75, 3.05) is 11.9 Å². The molecule has 1 N–H and O–H groups in total. The second-order valence-corrected chi connectivity index (χ2v) is 8.34. The van der Waals surface area contributed by atoms with Gasteiger partial charge in [0.2, 0.25) is 5.91 Å². The van der Waals surface area contributed by atoms with Gasteiger partial charge in [0.15, 0.2) is 5.78 Å². The van der Waals surface area contributed by atoms with Gasteiger partial charge in [0.25, 0.3) is 0 Å². The van der Waals surface area contributed by atoms with Gasteiger partial charge in [-0.25, -0.2) is 0 Å². The summed E-state index contributed by atoms with van der Waals surface area (Å²) >= 11 is 0. The molecule has 0 spiro atoms. The summed E-state index contributed by atoms with van der Waals surface area (Å²) in [6.07, 6.45) is 0.180. The highest BCUT2D eigenvalue weighted by atomic mass is 16.3. The van der Waals surface area contributed by atoms with Crippen LogP contribution in [0.25, 0.3) is 0 Å². The summed E-state index contributed by atoms with van der Waals surface area (Å²) < 4.78 is 0. The van der Waals surface area contributed by atoms with Gasteiger partial charge < -0.3 is 10.0 Å². The molecular formula is C23H27NO3. The second kappa shape index (κ2) is 6.93. The Bertz CT molecular complexity index is 891. The Labute approximate surface area is 160 Å². The third-order valence-electron chi connectivity index (χ3n) is 5.51. The lowest BCUT2D eigenvalue weighted by atomic mass is 9.85. The zero-order chi connectivity index (χ0) is 19.9. The molecule has 1 atom stereocenters. The normalized spacial score (nSPS) is 16.6. The van der Waals surface area contributed by atoms with Gasteiger partial charge in [-0.2, -0.15) is 0 Å². The lowest BCUT2D eigenvalue weighted by molar-refractivity contribution is -0.118. The fraction of sp³-hybridized carbons (Fsp3) is 0.391. The van der Waals surface area contributed by atoms with Crippen LogP contribution < -0.4 is 4.90 Å². The van der Waals surface area contributed by atoms with Gasteiger partial charge >= 0.3 is 0 Å². The van der Waals surface area contributed by atoms with E-state index in [1.54, 1.807) is 11.9 Å². The van der Waals surface area contributed by atoms with Crippen LogP contribution >= 0.6 is 0 Å². The smallest absolute Gasteiger partial charge is 0.234 e. The van der Waals surface area contributed by atoms with Crippen molar-refractivity contribution < 1.29 is 14.7 Å². The Balaban J connectivity index is 1.96. The molecule has 1 aliphatic rings. The molecule has 0 radical (unpaired) electrons. The van der Waals surface area contributed by atoms with E-state index in [1.807, 2.05) is 43.3 Å². The monoisotopic (exact) mass is 365 g/mol. The largest absolute Gasteiger partial charge is 0.392 e. The Hall–Kier alpha value is -2.46. The van der Waals surface area contributed by atoms with Gasteiger partial charge in [-0.05, 0) is 40.7 Å². The summed E-state index contributed by atoms with van der Waals surface area (Å²) in [4.78, 5) is 26.9. The summed E-state index contributed by atoms with van der Waals surface area (Å²) in [5, 5.41) is 9.77. The fourth-order valence-corrected chi connectivity index (χ4v) is 3.78. The minimum atomic E-state index is -0.303. The van der Waals surface area contributed by atoms with E-state index in [9.17, 15) is 14.7 Å². The van der Waals surface area contributed by atoms with Crippen LogP contribution in [0.2, 0.25) is 0 Å². The topological polar surface area (TPSA) is 57.6 Å². The first-order chi connectivity index (χ1) is 12.6. The molecule has 0 saturated heterocycles. The van der Waals surface area contributed by atoms with Gasteiger partial charge in [0.1, 0.15) is 0 Å². The number of likely N-dealkylation sites (N-methyl/N-ethyl adjacent to an activating group) is 1. The number of nitrogens with zero attached hydrogens (tertiary/aromatic N) is 1. The van der Waals surface area contributed by atoms with Crippen LogP contribution in [0.5, 0.6) is 0 Å². The number of benzene rings is 2. The van der Waals surface area contributed by atoms with Gasteiger partial charge in [-0.15, -0.1) is 0 Å². The van der Waals surface area contributed by atoms with E-state index in [2.05, 4.69) is 20.8 Å². The molecule has 1 heterocycles. The summed E-state index contributed by atoms with van der Waals surface area (Å²) in [6.45, 7) is 8.12. The molecule has 4 nitrogen and oxygen atoms in total. The third kappa shape index (κ3) is 3.42. The van der Waals surface area contributed by atoms with Crippen molar-refractivity contribution in [3.63, 3.8) is 0 Å². The minimum Gasteiger partial charge on any atom is -0.392 e. The number of hydrogen-bond acceptors (Lipinski definition) is 3. The molecule has 0 saturated carbocycles. The van der Waals surface area contributed by atoms with Crippen LogP contribution in [0.15, 0.2) is 36.4 Å². The highest BCUT2D eigenvalue weighted by Crippen LogP contribution is 2.40. The predicted molar refractivity (Wildman–Crippen MR) is 107 cm³/mol. The van der Waals surface area contributed by atoms with Crippen molar-refractivity contribution in [2.24, 2.45) is 0 Å². The highest BCUT2D eigenvalue weighted by molar-refractivity contribution is 6.06. The van der Waals surface area contributed by atoms with Crippen LogP contribution in [0.3, 0.4) is 0 Å². The van der Waals surface area contributed by atoms with Crippen molar-refractivity contribution >= 4 is 17.4 Å². The van der Waals surface area contributed by atoms with E-state index < -0.39 is 0 Å². The molecule has 0 aromatic heterocycles. The molecule has 1 amide bonds. The summed E-state index contributed by atoms with van der Waals surface area (Å²) in [6, 6.07) is 11.4. The van der Waals surface area contributed by atoms with E-state index in [-0.39, 0.29) is 36.1 Å². The molecule has 27 heavy (non-hydrogen) atoms. The van der Waals surface area contributed by atoms with Gasteiger partial charge in [0.05, 0.1) is 12.5 Å². The average molecular weight is 365 g/mol. The first-order valence-corrected chi connectivity index (χ1v) is 9.32. The molecule has 0 bridgehead atoms. The number of amides is 1. The summed E-state index contributed by atoms with van der Waals surface area (Å²) in [7, 11) is 1.75. The van der Waals surface area contributed by atoms with Gasteiger partial charge in [0, 0.05) is 24.7 Å². The van der Waals surface area contributed by atoms with Crippen LogP contribution in [0, 0.1) is 0 Å². The Morgan fingerprint density at radius 1 is 1.11 bits per heavy atom. The molecule has 0 fully saturated rings. The quantitative estimate of drug-likeness (QED) is 0.834. The Morgan fingerprint density at radius 3 is 2.30 bits per heavy atom. The molecule has 2 aromatic rings. The number of Topliss-reactive ketones (excluding diaryl/α,β-unsaturated/α-hetero) is 1. The van der Waals surface area contributed by atoms with E-state index in [0.717, 1.165) is 16.8 Å². The van der Waals surface area contributed by atoms with Gasteiger partial charge in [-0.1, -0.05) is 51.1 Å². The first-order valence-electron chi connectivity index (χ1n) is 9.32. The maximum Gasteiger partial charge on any atom is 0.234 e. The van der Waals surface area contributed by atoms with Crippen LogP contribution in [0.1, 0.15) is 66.2 Å². The lowest BCUT2D eigenvalue weighted by Crippen LogP contribution is -2.22. The molecule has 0 aliphatic carbocycles. The number of carbonyl (C=O) groups is 2. The van der Waals surface area contributed by atoms with Crippen molar-refractivity contribution in [3.05, 3.63) is 64.2 Å². The molecule has 2 aromatic carbocycles. The van der Waals surface area contributed by atoms with Crippen LogP contribution in [-0.2, 0) is 23.2 Å². The fourth-order valence-electron chi connectivity index (χ4n) is 3.78. The number of carbonyl (C=O) groups excluding carboxylic acids is 2. The summed E-state index contributed by atoms with van der Waals surface area (Å²) in [5.41, 5.74) is 5.05. The van der Waals surface area contributed by atoms with Crippen LogP contribution in [-0.4, -0.2) is 23.8 Å². The van der Waals surface area contributed by atoms with E-state index >= 15 is 0 Å². The molecule has 142 valence electrons. The molecule has 3 rings (SSSR count). The zero-order valence-corrected chi connectivity index (χ0v) is 16.7. The maximum absolute atomic E-state index is 12.9. The number of fused-ring (bicyclic) bond motifs is 1. The van der Waals surface area contributed by atoms with Gasteiger partial charge in [-0.3, -0.25) is 9.59 Å². The number of hydrogen-bond donors (Lipinski definition) is 1. The number of aliphatic hydroxyl groups excluding tert-OH is 1. The molecule has 1 unspecified atom stereocenters. The maximum atomic E-state index is 12.9. The Kier molecular flexibility index (Phi) is 4.96. The number of ketones is 1. The van der Waals surface area contributed by atoms with Crippen molar-refractivity contribution in [3.8, 4) is 0 Å². The van der Waals surface area contributed by atoms with Crippen molar-refractivity contribution in [2.45, 2.75) is 52.1 Å². The van der Waals surface area contributed by atoms with E-state index in [1.165, 1.54) is 5.56 Å². The number of aliphatic hydroxyl groups is 1. The van der Waals surface area contributed by atoms with E-state index in [0.29, 0.717) is 11.1 Å². The van der Waals surface area contributed by atoms with E-state index in [4.69, 9.17) is 0 Å². The zero-order valence-electron chi connectivity index (χ0n) is 16.7. The lowest BCUT2D eigenvalue weighted by Gasteiger charge is -2.19. The van der Waals surface area contributed by atoms with Crippen molar-refractivity contribution in [1.29, 1.82) is 0 Å². The number of anilines is 1. The third-order valence-corrected chi connectivity index (χ3v) is 5.51.